The lowest BCUT2D eigenvalue weighted by atomic mass is 10.0. The predicted octanol–water partition coefficient (Wildman–Crippen LogP) is 8.27. The van der Waals surface area contributed by atoms with Crippen LogP contribution in [0.4, 0.5) is 10.5 Å². The Hall–Kier alpha value is -3.81. The summed E-state index contributed by atoms with van der Waals surface area (Å²) < 4.78 is 3.09. The maximum atomic E-state index is 12.3. The number of amides is 2. The van der Waals surface area contributed by atoms with E-state index in [1.165, 1.54) is 0 Å². The first-order valence-electron chi connectivity index (χ1n) is 12.4. The fourth-order valence-electron chi connectivity index (χ4n) is 4.14. The van der Waals surface area contributed by atoms with E-state index in [9.17, 15) is 4.79 Å². The van der Waals surface area contributed by atoms with Crippen LogP contribution in [-0.2, 0) is 0 Å². The summed E-state index contributed by atoms with van der Waals surface area (Å²) in [6.07, 6.45) is 0.803. The SMILES string of the molecule is O=C(NCCCSc1nc(-c2ccccc2)c(-c2ccccc2)n1-c1ccccc1)Nc1ccccc1Br. The van der Waals surface area contributed by atoms with E-state index in [1.54, 1.807) is 11.8 Å². The molecular weight excluding hydrogens is 556 g/mol. The molecule has 1 aromatic heterocycles. The van der Waals surface area contributed by atoms with Gasteiger partial charge in [-0.25, -0.2) is 9.78 Å². The average molecular weight is 584 g/mol. The summed E-state index contributed by atoms with van der Waals surface area (Å²) in [5.41, 5.74) is 6.01. The van der Waals surface area contributed by atoms with E-state index in [-0.39, 0.29) is 6.03 Å². The second kappa shape index (κ2) is 12.6. The van der Waals surface area contributed by atoms with Crippen molar-refractivity contribution in [2.75, 3.05) is 17.6 Å². The van der Waals surface area contributed by atoms with Crippen LogP contribution in [0.15, 0.2) is 125 Å². The van der Waals surface area contributed by atoms with Gasteiger partial charge in [0.1, 0.15) is 0 Å². The van der Waals surface area contributed by atoms with Crippen LogP contribution in [-0.4, -0.2) is 27.9 Å². The highest BCUT2D eigenvalue weighted by molar-refractivity contribution is 9.10. The summed E-state index contributed by atoms with van der Waals surface area (Å²) in [6, 6.07) is 38.4. The zero-order valence-corrected chi connectivity index (χ0v) is 23.1. The molecule has 190 valence electrons. The molecule has 0 aliphatic carbocycles. The Morgan fingerprint density at radius 2 is 1.39 bits per heavy atom. The molecule has 0 aliphatic rings. The number of nitrogens with one attached hydrogen (secondary N) is 2. The van der Waals surface area contributed by atoms with Crippen LogP contribution >= 0.6 is 27.7 Å². The highest BCUT2D eigenvalue weighted by Gasteiger charge is 2.21. The largest absolute Gasteiger partial charge is 0.338 e. The second-order valence-electron chi connectivity index (χ2n) is 8.56. The summed E-state index contributed by atoms with van der Waals surface area (Å²) in [6.45, 7) is 0.562. The lowest BCUT2D eigenvalue weighted by Gasteiger charge is -2.13. The molecule has 0 fully saturated rings. The van der Waals surface area contributed by atoms with Crippen molar-refractivity contribution in [3.8, 4) is 28.2 Å². The van der Waals surface area contributed by atoms with Crippen LogP contribution in [0.3, 0.4) is 0 Å². The van der Waals surface area contributed by atoms with Crippen LogP contribution in [0, 0.1) is 0 Å². The average Bonchev–Trinajstić information content (AvgIpc) is 3.35. The van der Waals surface area contributed by atoms with Gasteiger partial charge in [0.15, 0.2) is 5.16 Å². The Morgan fingerprint density at radius 1 is 0.789 bits per heavy atom. The molecule has 2 N–H and O–H groups in total. The van der Waals surface area contributed by atoms with Crippen LogP contribution < -0.4 is 10.6 Å². The summed E-state index contributed by atoms with van der Waals surface area (Å²) in [4.78, 5) is 17.5. The van der Waals surface area contributed by atoms with Gasteiger partial charge in [0.05, 0.1) is 17.1 Å². The van der Waals surface area contributed by atoms with E-state index in [1.807, 2.05) is 66.7 Å². The van der Waals surface area contributed by atoms with Gasteiger partial charge >= 0.3 is 6.03 Å². The number of aromatic nitrogens is 2. The molecule has 0 spiro atoms. The number of urea groups is 1. The van der Waals surface area contributed by atoms with Crippen molar-refractivity contribution in [3.05, 3.63) is 120 Å². The zero-order valence-electron chi connectivity index (χ0n) is 20.7. The van der Waals surface area contributed by atoms with Crippen molar-refractivity contribution in [2.24, 2.45) is 0 Å². The Morgan fingerprint density at radius 3 is 2.08 bits per heavy atom. The molecule has 2 amide bonds. The Labute approximate surface area is 235 Å². The molecule has 0 radical (unpaired) electrons. The smallest absolute Gasteiger partial charge is 0.319 e. The first-order chi connectivity index (χ1) is 18.7. The van der Waals surface area contributed by atoms with Crippen LogP contribution in [0.25, 0.3) is 28.2 Å². The Kier molecular flexibility index (Phi) is 8.58. The third-order valence-electron chi connectivity index (χ3n) is 5.92. The topological polar surface area (TPSA) is 59.0 Å². The first kappa shape index (κ1) is 25.8. The van der Waals surface area contributed by atoms with E-state index >= 15 is 0 Å². The van der Waals surface area contributed by atoms with Gasteiger partial charge in [-0.3, -0.25) is 4.57 Å². The van der Waals surface area contributed by atoms with Crippen LogP contribution in [0.5, 0.6) is 0 Å². The number of nitrogens with zero attached hydrogens (tertiary/aromatic N) is 2. The molecule has 0 bridgehead atoms. The monoisotopic (exact) mass is 582 g/mol. The highest BCUT2D eigenvalue weighted by atomic mass is 79.9. The van der Waals surface area contributed by atoms with E-state index in [0.29, 0.717) is 6.54 Å². The first-order valence-corrected chi connectivity index (χ1v) is 14.2. The number of benzene rings is 4. The van der Waals surface area contributed by atoms with Crippen molar-refractivity contribution in [1.82, 2.24) is 14.9 Å². The van der Waals surface area contributed by atoms with Gasteiger partial charge in [-0.1, -0.05) is 103 Å². The van der Waals surface area contributed by atoms with Gasteiger partial charge in [-0.2, -0.15) is 0 Å². The fourth-order valence-corrected chi connectivity index (χ4v) is 5.48. The third-order valence-corrected chi connectivity index (χ3v) is 7.63. The van der Waals surface area contributed by atoms with E-state index in [4.69, 9.17) is 4.98 Å². The van der Waals surface area contributed by atoms with Crippen molar-refractivity contribution in [1.29, 1.82) is 0 Å². The van der Waals surface area contributed by atoms with Gasteiger partial charge in [-0.15, -0.1) is 0 Å². The number of para-hydroxylation sites is 2. The molecule has 5 nitrogen and oxygen atoms in total. The van der Waals surface area contributed by atoms with Gasteiger partial charge < -0.3 is 10.6 Å². The van der Waals surface area contributed by atoms with E-state index < -0.39 is 0 Å². The predicted molar refractivity (Wildman–Crippen MR) is 161 cm³/mol. The van der Waals surface area contributed by atoms with Gasteiger partial charge in [-0.05, 0) is 46.6 Å². The minimum atomic E-state index is -0.217. The number of anilines is 1. The molecule has 0 unspecified atom stereocenters. The van der Waals surface area contributed by atoms with Crippen molar-refractivity contribution in [2.45, 2.75) is 11.6 Å². The summed E-state index contributed by atoms with van der Waals surface area (Å²) in [5, 5.41) is 6.75. The Bertz CT molecular complexity index is 1490. The highest BCUT2D eigenvalue weighted by Crippen LogP contribution is 2.38. The second-order valence-corrected chi connectivity index (χ2v) is 10.5. The maximum absolute atomic E-state index is 12.3. The molecule has 5 rings (SSSR count). The van der Waals surface area contributed by atoms with E-state index in [0.717, 1.165) is 55.7 Å². The number of thioether (sulfide) groups is 1. The number of hydrogen-bond acceptors (Lipinski definition) is 3. The minimum absolute atomic E-state index is 0.217. The van der Waals surface area contributed by atoms with Crippen molar-refractivity contribution in [3.63, 3.8) is 0 Å². The quantitative estimate of drug-likeness (QED) is 0.136. The molecule has 1 heterocycles. The number of carbonyl (C=O) groups excluding carboxylic acids is 1. The lowest BCUT2D eigenvalue weighted by Crippen LogP contribution is -2.29. The molecular formula is C31H27BrN4OS. The van der Waals surface area contributed by atoms with Gasteiger partial charge in [0, 0.05) is 33.6 Å². The molecule has 7 heteroatoms. The number of hydrogen-bond donors (Lipinski definition) is 2. The molecule has 4 aromatic carbocycles. The molecule has 38 heavy (non-hydrogen) atoms. The normalized spacial score (nSPS) is 10.8. The molecule has 0 saturated heterocycles. The lowest BCUT2D eigenvalue weighted by molar-refractivity contribution is 0.252. The molecule has 0 saturated carbocycles. The van der Waals surface area contributed by atoms with Crippen LogP contribution in [0.2, 0.25) is 0 Å². The summed E-state index contributed by atoms with van der Waals surface area (Å²) in [7, 11) is 0. The third kappa shape index (κ3) is 6.18. The van der Waals surface area contributed by atoms with Crippen molar-refractivity contribution >= 4 is 39.4 Å². The van der Waals surface area contributed by atoms with E-state index in [2.05, 4.69) is 79.7 Å². The standard InChI is InChI=1S/C31H27BrN4OS/c32-26-19-10-11-20-27(26)34-30(37)33-21-12-22-38-31-35-28(23-13-4-1-5-14-23)29(24-15-6-2-7-16-24)36(31)25-17-8-3-9-18-25/h1-11,13-20H,12,21-22H2,(H2,33,34,37). The molecule has 5 aromatic rings. The number of imidazole rings is 1. The number of carbonyl (C=O) groups is 1. The molecule has 0 atom stereocenters. The number of rotatable bonds is 9. The van der Waals surface area contributed by atoms with Crippen LogP contribution in [0.1, 0.15) is 6.42 Å². The Balaban J connectivity index is 1.36. The fraction of sp³-hybridized carbons (Fsp3) is 0.0968. The number of halogens is 1. The zero-order chi connectivity index (χ0) is 26.2. The van der Waals surface area contributed by atoms with Gasteiger partial charge in [0.2, 0.25) is 0 Å². The maximum Gasteiger partial charge on any atom is 0.319 e. The van der Waals surface area contributed by atoms with Gasteiger partial charge in [0.25, 0.3) is 0 Å². The van der Waals surface area contributed by atoms with Crippen molar-refractivity contribution < 1.29 is 4.79 Å². The minimum Gasteiger partial charge on any atom is -0.338 e. The summed E-state index contributed by atoms with van der Waals surface area (Å²) in [5.74, 6) is 0.807. The summed E-state index contributed by atoms with van der Waals surface area (Å²) >= 11 is 5.15. The molecule has 0 aliphatic heterocycles.